The first-order chi connectivity index (χ1) is 11.1. The Kier molecular flexibility index (Phi) is 4.44. The summed E-state index contributed by atoms with van der Waals surface area (Å²) in [5.41, 5.74) is 9.22. The quantitative estimate of drug-likeness (QED) is 0.946. The monoisotopic (exact) mass is 312 g/mol. The van der Waals surface area contributed by atoms with Gasteiger partial charge < -0.3 is 10.6 Å². The van der Waals surface area contributed by atoms with Gasteiger partial charge in [-0.05, 0) is 66.8 Å². The highest BCUT2D eigenvalue weighted by atomic mass is 19.1. The Morgan fingerprint density at radius 2 is 2.00 bits per heavy atom. The maximum absolute atomic E-state index is 13.2. The molecule has 0 bridgehead atoms. The molecule has 0 radical (unpaired) electrons. The van der Waals surface area contributed by atoms with Crippen LogP contribution in [0.25, 0.3) is 11.1 Å². The largest absolute Gasteiger partial charge is 0.338 e. The molecule has 0 unspecified atom stereocenters. The fraction of sp³-hybridized carbons (Fsp3) is 0.316. The number of amides is 1. The van der Waals surface area contributed by atoms with Crippen LogP contribution in [0.15, 0.2) is 42.5 Å². The summed E-state index contributed by atoms with van der Waals surface area (Å²) in [6.45, 7) is 4.04. The van der Waals surface area contributed by atoms with E-state index in [0.717, 1.165) is 36.2 Å². The van der Waals surface area contributed by atoms with E-state index in [2.05, 4.69) is 0 Å². The summed E-state index contributed by atoms with van der Waals surface area (Å²) in [5.74, 6) is 0.241. The van der Waals surface area contributed by atoms with E-state index in [0.29, 0.717) is 18.0 Å². The molecule has 1 atom stereocenters. The van der Waals surface area contributed by atoms with E-state index in [1.165, 1.54) is 12.1 Å². The second kappa shape index (κ2) is 6.50. The Morgan fingerprint density at radius 3 is 2.61 bits per heavy atom. The van der Waals surface area contributed by atoms with Gasteiger partial charge in [-0.25, -0.2) is 4.39 Å². The van der Waals surface area contributed by atoms with Crippen molar-refractivity contribution in [3.63, 3.8) is 0 Å². The third-order valence-electron chi connectivity index (χ3n) is 4.54. The zero-order chi connectivity index (χ0) is 16.4. The molecular weight excluding hydrogens is 291 g/mol. The topological polar surface area (TPSA) is 46.3 Å². The minimum Gasteiger partial charge on any atom is -0.338 e. The molecule has 0 spiro atoms. The Hall–Kier alpha value is -2.20. The highest BCUT2D eigenvalue weighted by molar-refractivity contribution is 5.95. The van der Waals surface area contributed by atoms with Crippen LogP contribution in [-0.4, -0.2) is 30.4 Å². The van der Waals surface area contributed by atoms with Crippen molar-refractivity contribution in [2.45, 2.75) is 13.3 Å². The normalized spacial score (nSPS) is 17.5. The molecule has 0 saturated carbocycles. The average molecular weight is 312 g/mol. The first-order valence-electron chi connectivity index (χ1n) is 7.94. The molecule has 1 saturated heterocycles. The molecule has 2 aromatic carbocycles. The van der Waals surface area contributed by atoms with Crippen LogP contribution >= 0.6 is 0 Å². The van der Waals surface area contributed by atoms with Gasteiger partial charge in [0.2, 0.25) is 0 Å². The first-order valence-corrected chi connectivity index (χ1v) is 7.94. The highest BCUT2D eigenvalue weighted by Crippen LogP contribution is 2.25. The van der Waals surface area contributed by atoms with Crippen molar-refractivity contribution >= 4 is 5.91 Å². The SMILES string of the molecule is Cc1cc(F)ccc1-c1ccc(C(=O)N2CC[C@H](CN)C2)cc1. The Morgan fingerprint density at radius 1 is 1.26 bits per heavy atom. The maximum Gasteiger partial charge on any atom is 0.253 e. The molecule has 1 fully saturated rings. The second-order valence-electron chi connectivity index (χ2n) is 6.18. The van der Waals surface area contributed by atoms with E-state index in [4.69, 9.17) is 5.73 Å². The minimum absolute atomic E-state index is 0.0586. The van der Waals surface area contributed by atoms with Crippen molar-refractivity contribution in [1.82, 2.24) is 4.90 Å². The van der Waals surface area contributed by atoms with Crippen LogP contribution in [0, 0.1) is 18.7 Å². The van der Waals surface area contributed by atoms with Gasteiger partial charge >= 0.3 is 0 Å². The molecule has 23 heavy (non-hydrogen) atoms. The summed E-state index contributed by atoms with van der Waals surface area (Å²) in [6.07, 6.45) is 0.981. The molecule has 120 valence electrons. The molecule has 3 rings (SSSR count). The molecule has 1 aliphatic rings. The maximum atomic E-state index is 13.2. The molecule has 1 heterocycles. The number of hydrogen-bond donors (Lipinski definition) is 1. The summed E-state index contributed by atoms with van der Waals surface area (Å²) in [7, 11) is 0. The zero-order valence-corrected chi connectivity index (χ0v) is 13.3. The minimum atomic E-state index is -0.235. The second-order valence-corrected chi connectivity index (χ2v) is 6.18. The molecule has 4 heteroatoms. The van der Waals surface area contributed by atoms with Gasteiger partial charge in [0.1, 0.15) is 5.82 Å². The number of halogens is 1. The average Bonchev–Trinajstić information content (AvgIpc) is 3.03. The number of carbonyl (C=O) groups is 1. The van der Waals surface area contributed by atoms with E-state index in [1.54, 1.807) is 6.07 Å². The predicted molar refractivity (Wildman–Crippen MR) is 89.6 cm³/mol. The van der Waals surface area contributed by atoms with E-state index in [-0.39, 0.29) is 11.7 Å². The number of rotatable bonds is 3. The van der Waals surface area contributed by atoms with E-state index < -0.39 is 0 Å². The third-order valence-corrected chi connectivity index (χ3v) is 4.54. The van der Waals surface area contributed by atoms with Crippen molar-refractivity contribution in [3.8, 4) is 11.1 Å². The fourth-order valence-corrected chi connectivity index (χ4v) is 3.14. The molecule has 0 aromatic heterocycles. The predicted octanol–water partition coefficient (Wildman–Crippen LogP) is 3.22. The van der Waals surface area contributed by atoms with Gasteiger partial charge in [-0.2, -0.15) is 0 Å². The van der Waals surface area contributed by atoms with Crippen LogP contribution in [0.3, 0.4) is 0 Å². The van der Waals surface area contributed by atoms with E-state index in [1.807, 2.05) is 36.1 Å². The highest BCUT2D eigenvalue weighted by Gasteiger charge is 2.25. The summed E-state index contributed by atoms with van der Waals surface area (Å²) < 4.78 is 13.2. The Labute approximate surface area is 135 Å². The number of carbonyl (C=O) groups excluding carboxylic acids is 1. The number of likely N-dealkylation sites (tertiary alicyclic amines) is 1. The van der Waals surface area contributed by atoms with Crippen LogP contribution < -0.4 is 5.73 Å². The smallest absolute Gasteiger partial charge is 0.253 e. The molecule has 3 nitrogen and oxygen atoms in total. The lowest BCUT2D eigenvalue weighted by Gasteiger charge is -2.16. The molecule has 2 aromatic rings. The Bertz CT molecular complexity index is 712. The number of aryl methyl sites for hydroxylation is 1. The third kappa shape index (κ3) is 3.27. The van der Waals surface area contributed by atoms with Crippen molar-refractivity contribution in [2.75, 3.05) is 19.6 Å². The van der Waals surface area contributed by atoms with Crippen LogP contribution in [0.5, 0.6) is 0 Å². The van der Waals surface area contributed by atoms with Gasteiger partial charge in [-0.3, -0.25) is 4.79 Å². The van der Waals surface area contributed by atoms with E-state index >= 15 is 0 Å². The number of nitrogens with two attached hydrogens (primary N) is 1. The number of nitrogens with zero attached hydrogens (tertiary/aromatic N) is 1. The van der Waals surface area contributed by atoms with Crippen molar-refractivity contribution < 1.29 is 9.18 Å². The summed E-state index contributed by atoms with van der Waals surface area (Å²) >= 11 is 0. The molecule has 1 aliphatic heterocycles. The lowest BCUT2D eigenvalue weighted by molar-refractivity contribution is 0.0787. The fourth-order valence-electron chi connectivity index (χ4n) is 3.14. The lowest BCUT2D eigenvalue weighted by Crippen LogP contribution is -2.29. The Balaban J connectivity index is 1.78. The van der Waals surface area contributed by atoms with Crippen LogP contribution in [0.2, 0.25) is 0 Å². The van der Waals surface area contributed by atoms with Crippen LogP contribution in [0.1, 0.15) is 22.3 Å². The standard InChI is InChI=1S/C19H21FN2O/c1-13-10-17(20)6-7-18(13)15-2-4-16(5-3-15)19(23)22-9-8-14(11-21)12-22/h2-7,10,14H,8-9,11-12,21H2,1H3/t14-/m1/s1. The van der Waals surface area contributed by atoms with Crippen LogP contribution in [-0.2, 0) is 0 Å². The molecular formula is C19H21FN2O. The van der Waals surface area contributed by atoms with Crippen molar-refractivity contribution in [3.05, 3.63) is 59.4 Å². The van der Waals surface area contributed by atoms with Gasteiger partial charge in [-0.1, -0.05) is 18.2 Å². The van der Waals surface area contributed by atoms with Gasteiger partial charge in [0.05, 0.1) is 0 Å². The van der Waals surface area contributed by atoms with Crippen molar-refractivity contribution in [1.29, 1.82) is 0 Å². The summed E-state index contributed by atoms with van der Waals surface area (Å²) in [6, 6.07) is 12.3. The van der Waals surface area contributed by atoms with Gasteiger partial charge in [-0.15, -0.1) is 0 Å². The number of hydrogen-bond acceptors (Lipinski definition) is 2. The molecule has 1 amide bonds. The van der Waals surface area contributed by atoms with Crippen molar-refractivity contribution in [2.24, 2.45) is 11.7 Å². The van der Waals surface area contributed by atoms with Gasteiger partial charge in [0, 0.05) is 18.7 Å². The lowest BCUT2D eigenvalue weighted by atomic mass is 9.99. The van der Waals surface area contributed by atoms with E-state index in [9.17, 15) is 9.18 Å². The summed E-state index contributed by atoms with van der Waals surface area (Å²) in [4.78, 5) is 14.4. The first kappa shape index (κ1) is 15.7. The zero-order valence-electron chi connectivity index (χ0n) is 13.3. The summed E-state index contributed by atoms with van der Waals surface area (Å²) in [5, 5.41) is 0. The van der Waals surface area contributed by atoms with Gasteiger partial charge in [0.15, 0.2) is 0 Å². The van der Waals surface area contributed by atoms with Gasteiger partial charge in [0.25, 0.3) is 5.91 Å². The molecule has 2 N–H and O–H groups in total. The number of benzene rings is 2. The van der Waals surface area contributed by atoms with Crippen LogP contribution in [0.4, 0.5) is 4.39 Å². The molecule has 0 aliphatic carbocycles.